The highest BCUT2D eigenvalue weighted by Crippen LogP contribution is 2.45. The third-order valence-corrected chi connectivity index (χ3v) is 8.89. The van der Waals surface area contributed by atoms with E-state index in [4.69, 9.17) is 28.3 Å². The fourth-order valence-corrected chi connectivity index (χ4v) is 5.77. The lowest BCUT2D eigenvalue weighted by Gasteiger charge is -2.32. The minimum Gasteiger partial charge on any atom is -0.492 e. The Morgan fingerprint density at radius 2 is 1.81 bits per heavy atom. The van der Waals surface area contributed by atoms with Gasteiger partial charge in [-0.05, 0) is 76.3 Å². The average molecular weight is 585 g/mol. The molecule has 43 heavy (non-hydrogen) atoms. The number of hydrogen-bond donors (Lipinski definition) is 0. The van der Waals surface area contributed by atoms with E-state index in [1.807, 2.05) is 45.9 Å². The van der Waals surface area contributed by atoms with Gasteiger partial charge in [0.25, 0.3) is 0 Å². The molecule has 0 aromatic heterocycles. The number of carbonyl (C=O) groups is 1. The van der Waals surface area contributed by atoms with Crippen molar-refractivity contribution in [3.63, 3.8) is 0 Å². The maximum absolute atomic E-state index is 15.2. The molecular formula is C33H33BFNO7. The molecule has 3 aromatic rings. The van der Waals surface area contributed by atoms with Crippen LogP contribution < -0.4 is 19.7 Å². The van der Waals surface area contributed by atoms with Crippen molar-refractivity contribution in [3.8, 4) is 29.1 Å². The van der Waals surface area contributed by atoms with Gasteiger partial charge >= 0.3 is 13.1 Å². The summed E-state index contributed by atoms with van der Waals surface area (Å²) in [6, 6.07) is 15.9. The smallest absolute Gasteiger partial charge is 0.492 e. The predicted octanol–water partition coefficient (Wildman–Crippen LogP) is 5.89. The molecule has 2 atom stereocenters. The summed E-state index contributed by atoms with van der Waals surface area (Å²) in [6.07, 6.45) is 0.818. The fourth-order valence-electron chi connectivity index (χ4n) is 5.77. The second-order valence-corrected chi connectivity index (χ2v) is 12.1. The Balaban J connectivity index is 1.21. The third kappa shape index (κ3) is 5.32. The van der Waals surface area contributed by atoms with Crippen LogP contribution in [0.3, 0.4) is 0 Å². The maximum atomic E-state index is 15.2. The van der Waals surface area contributed by atoms with Crippen LogP contribution in [0.1, 0.15) is 74.8 Å². The SMILES string of the molecule is COC(=O)CC1COc2cc(O[C@@H]3CCc4c(Oc5ccc(B6OC(C)(C)C(C)(C)O6)cc5C#N)ccc(F)c43)ccc21. The first kappa shape index (κ1) is 29.0. The number of hydrogen-bond acceptors (Lipinski definition) is 8. The third-order valence-electron chi connectivity index (χ3n) is 8.89. The number of benzene rings is 3. The summed E-state index contributed by atoms with van der Waals surface area (Å²) in [4.78, 5) is 11.7. The second kappa shape index (κ2) is 10.9. The number of ether oxygens (including phenoxy) is 4. The van der Waals surface area contributed by atoms with E-state index in [0.29, 0.717) is 59.1 Å². The Labute approximate surface area is 250 Å². The largest absolute Gasteiger partial charge is 0.494 e. The molecule has 1 aliphatic carbocycles. The van der Waals surface area contributed by atoms with Gasteiger partial charge in [-0.15, -0.1) is 0 Å². The molecule has 1 unspecified atom stereocenters. The van der Waals surface area contributed by atoms with Crippen LogP contribution in [-0.4, -0.2) is 38.0 Å². The molecule has 222 valence electrons. The van der Waals surface area contributed by atoms with Gasteiger partial charge in [0.2, 0.25) is 0 Å². The normalized spacial score (nSPS) is 21.0. The van der Waals surface area contributed by atoms with Crippen LogP contribution in [0.5, 0.6) is 23.0 Å². The Morgan fingerprint density at radius 1 is 1.07 bits per heavy atom. The molecule has 1 fully saturated rings. The number of fused-ring (bicyclic) bond motifs is 2. The van der Waals surface area contributed by atoms with E-state index in [9.17, 15) is 10.1 Å². The van der Waals surface area contributed by atoms with E-state index in [1.165, 1.54) is 13.2 Å². The fraction of sp³-hybridized carbons (Fsp3) is 0.394. The summed E-state index contributed by atoms with van der Waals surface area (Å²) in [5, 5.41) is 9.93. The lowest BCUT2D eigenvalue weighted by Crippen LogP contribution is -2.41. The molecular weight excluding hydrogens is 552 g/mol. The summed E-state index contributed by atoms with van der Waals surface area (Å²) in [7, 11) is 0.758. The molecule has 0 spiro atoms. The number of nitriles is 1. The van der Waals surface area contributed by atoms with E-state index in [2.05, 4.69) is 6.07 Å². The maximum Gasteiger partial charge on any atom is 0.494 e. The number of esters is 1. The first-order chi connectivity index (χ1) is 20.5. The lowest BCUT2D eigenvalue weighted by molar-refractivity contribution is -0.141. The van der Waals surface area contributed by atoms with Gasteiger partial charge in [-0.1, -0.05) is 12.1 Å². The topological polar surface area (TPSA) is 96.2 Å². The van der Waals surface area contributed by atoms with Gasteiger partial charge < -0.3 is 28.3 Å². The van der Waals surface area contributed by atoms with Crippen molar-refractivity contribution >= 4 is 18.6 Å². The molecule has 0 bridgehead atoms. The van der Waals surface area contributed by atoms with Crippen LogP contribution in [0.4, 0.5) is 4.39 Å². The van der Waals surface area contributed by atoms with Gasteiger partial charge in [-0.2, -0.15) is 5.26 Å². The standard InChI is InChI=1S/C33H33BFNO7/c1-32(2)33(3,4)43-34(42-32)21-6-11-26(19(14-21)17-36)41-27-13-10-25(35)31-24(27)9-12-28(31)40-22-7-8-23-20(15-30(37)38-5)18-39-29(23)16-22/h6-8,10-11,13-14,16,20,28H,9,12,15,18H2,1-5H3/t20?,28-/m1/s1. The molecule has 0 amide bonds. The number of halogens is 1. The number of carbonyl (C=O) groups excluding carboxylic acids is 1. The quantitative estimate of drug-likeness (QED) is 0.250. The van der Waals surface area contributed by atoms with Gasteiger partial charge in [-0.3, -0.25) is 4.79 Å². The van der Waals surface area contributed by atoms with Crippen LogP contribution in [0, 0.1) is 17.1 Å². The average Bonchev–Trinajstić information content (AvgIpc) is 3.64. The van der Waals surface area contributed by atoms with E-state index >= 15 is 4.39 Å². The predicted molar refractivity (Wildman–Crippen MR) is 156 cm³/mol. The highest BCUT2D eigenvalue weighted by Gasteiger charge is 2.51. The van der Waals surface area contributed by atoms with Crippen molar-refractivity contribution in [1.82, 2.24) is 0 Å². The molecule has 0 radical (unpaired) electrons. The highest BCUT2D eigenvalue weighted by atomic mass is 19.1. The minimum atomic E-state index is -0.609. The number of methoxy groups -OCH3 is 1. The zero-order valence-electron chi connectivity index (χ0n) is 24.9. The lowest BCUT2D eigenvalue weighted by atomic mass is 9.78. The first-order valence-electron chi connectivity index (χ1n) is 14.4. The number of rotatable bonds is 7. The van der Waals surface area contributed by atoms with Gasteiger partial charge in [0.05, 0.1) is 36.9 Å². The molecule has 1 saturated heterocycles. The van der Waals surface area contributed by atoms with Crippen LogP contribution in [0.25, 0.3) is 0 Å². The summed E-state index contributed by atoms with van der Waals surface area (Å²) >= 11 is 0. The van der Waals surface area contributed by atoms with E-state index < -0.39 is 24.4 Å². The second-order valence-electron chi connectivity index (χ2n) is 12.1. The molecule has 0 saturated carbocycles. The first-order valence-corrected chi connectivity index (χ1v) is 14.4. The molecule has 8 nitrogen and oxygen atoms in total. The Hall–Kier alpha value is -4.07. The molecule has 3 aromatic carbocycles. The Kier molecular flexibility index (Phi) is 7.35. The summed E-state index contributed by atoms with van der Waals surface area (Å²) in [6.45, 7) is 8.29. The van der Waals surface area contributed by atoms with Crippen molar-refractivity contribution < 1.29 is 37.4 Å². The van der Waals surface area contributed by atoms with Crippen LogP contribution in [0.2, 0.25) is 0 Å². The van der Waals surface area contributed by atoms with Crippen molar-refractivity contribution in [3.05, 3.63) is 76.6 Å². The van der Waals surface area contributed by atoms with E-state index in [1.54, 1.807) is 24.3 Å². The Bertz CT molecular complexity index is 1620. The summed E-state index contributed by atoms with van der Waals surface area (Å²) in [5.74, 6) is 1.28. The van der Waals surface area contributed by atoms with Crippen LogP contribution >= 0.6 is 0 Å². The molecule has 2 aliphatic heterocycles. The van der Waals surface area contributed by atoms with Crippen molar-refractivity contribution in [2.24, 2.45) is 0 Å². The Morgan fingerprint density at radius 3 is 2.53 bits per heavy atom. The van der Waals surface area contributed by atoms with Crippen molar-refractivity contribution in [1.29, 1.82) is 5.26 Å². The van der Waals surface area contributed by atoms with E-state index in [-0.39, 0.29) is 24.1 Å². The zero-order chi connectivity index (χ0) is 30.5. The van der Waals surface area contributed by atoms with Gasteiger partial charge in [0.15, 0.2) is 0 Å². The van der Waals surface area contributed by atoms with Gasteiger partial charge in [0, 0.05) is 28.7 Å². The van der Waals surface area contributed by atoms with Gasteiger partial charge in [-0.25, -0.2) is 4.39 Å². The molecule has 3 aliphatic rings. The summed E-state index contributed by atoms with van der Waals surface area (Å²) in [5.41, 5.74) is 2.09. The highest BCUT2D eigenvalue weighted by molar-refractivity contribution is 6.62. The van der Waals surface area contributed by atoms with Crippen LogP contribution in [0.15, 0.2) is 48.5 Å². The zero-order valence-corrected chi connectivity index (χ0v) is 24.9. The van der Waals surface area contributed by atoms with Crippen molar-refractivity contribution in [2.45, 2.75) is 70.2 Å². The molecule has 2 heterocycles. The molecule has 10 heteroatoms. The van der Waals surface area contributed by atoms with E-state index in [0.717, 1.165) is 11.0 Å². The van der Waals surface area contributed by atoms with Crippen LogP contribution in [-0.2, 0) is 25.3 Å². The number of nitrogens with zero attached hydrogens (tertiary/aromatic N) is 1. The monoisotopic (exact) mass is 585 g/mol. The molecule has 6 rings (SSSR count). The van der Waals surface area contributed by atoms with Crippen molar-refractivity contribution in [2.75, 3.05) is 13.7 Å². The molecule has 0 N–H and O–H groups in total. The summed E-state index contributed by atoms with van der Waals surface area (Å²) < 4.78 is 50.5. The minimum absolute atomic E-state index is 0.0786. The van der Waals surface area contributed by atoms with Gasteiger partial charge in [0.1, 0.15) is 41.0 Å².